The molecule has 1 aliphatic rings. The highest BCUT2D eigenvalue weighted by molar-refractivity contribution is 5.88. The topological polar surface area (TPSA) is 0 Å². The van der Waals surface area contributed by atoms with Crippen LogP contribution in [-0.2, 0) is 0 Å². The fourth-order valence-electron chi connectivity index (χ4n) is 3.55. The van der Waals surface area contributed by atoms with E-state index in [1.54, 1.807) is 0 Å². The highest BCUT2D eigenvalue weighted by atomic mass is 79.9. The highest BCUT2D eigenvalue weighted by Gasteiger charge is 2.27. The minimum absolute atomic E-state index is 0. The van der Waals surface area contributed by atoms with Crippen LogP contribution in [0.25, 0.3) is 10.8 Å². The summed E-state index contributed by atoms with van der Waals surface area (Å²) >= 11 is 0. The summed E-state index contributed by atoms with van der Waals surface area (Å²) in [6, 6.07) is 14.9. The zero-order valence-corrected chi connectivity index (χ0v) is 16.1. The first-order valence-electron chi connectivity index (χ1n) is 8.76. The predicted molar refractivity (Wildman–Crippen MR) is 99.2 cm³/mol. The van der Waals surface area contributed by atoms with Gasteiger partial charge in [0.2, 0.25) is 0 Å². The van der Waals surface area contributed by atoms with E-state index in [0.29, 0.717) is 0 Å². The molecule has 126 valence electrons. The van der Waals surface area contributed by atoms with E-state index in [4.69, 9.17) is 0 Å². The minimum Gasteiger partial charge on any atom is -1.00 e. The molecule has 0 bridgehead atoms. The van der Waals surface area contributed by atoms with E-state index >= 15 is 0 Å². The SMILES string of the molecule is C/C=C/C[N+]1(CC#Cc2cccc3ccccc23)CCCCC1.[Br-]. The van der Waals surface area contributed by atoms with Gasteiger partial charge in [0.25, 0.3) is 0 Å². The molecule has 0 aromatic heterocycles. The van der Waals surface area contributed by atoms with Crippen LogP contribution in [-0.4, -0.2) is 30.7 Å². The quantitative estimate of drug-likeness (QED) is 0.430. The zero-order chi connectivity index (χ0) is 16.0. The van der Waals surface area contributed by atoms with Crippen LogP contribution in [0.1, 0.15) is 31.7 Å². The lowest BCUT2D eigenvalue weighted by Gasteiger charge is -2.39. The van der Waals surface area contributed by atoms with Crippen LogP contribution in [0.15, 0.2) is 54.6 Å². The number of fused-ring (bicyclic) bond motifs is 1. The lowest BCUT2D eigenvalue weighted by molar-refractivity contribution is -0.920. The Morgan fingerprint density at radius 1 is 1.00 bits per heavy atom. The van der Waals surface area contributed by atoms with E-state index < -0.39 is 0 Å². The van der Waals surface area contributed by atoms with Crippen molar-refractivity contribution >= 4 is 10.8 Å². The van der Waals surface area contributed by atoms with Crippen LogP contribution in [0, 0.1) is 11.8 Å². The number of likely N-dealkylation sites (tertiary alicyclic amines) is 1. The maximum Gasteiger partial charge on any atom is 0.141 e. The molecule has 0 radical (unpaired) electrons. The molecule has 3 rings (SSSR count). The van der Waals surface area contributed by atoms with Crippen molar-refractivity contribution in [2.24, 2.45) is 0 Å². The van der Waals surface area contributed by atoms with Crippen molar-refractivity contribution in [1.82, 2.24) is 0 Å². The molecule has 0 atom stereocenters. The van der Waals surface area contributed by atoms with E-state index in [9.17, 15) is 0 Å². The number of nitrogens with zero attached hydrogens (tertiary/aromatic N) is 1. The molecule has 24 heavy (non-hydrogen) atoms. The highest BCUT2D eigenvalue weighted by Crippen LogP contribution is 2.20. The van der Waals surface area contributed by atoms with Gasteiger partial charge in [-0.25, -0.2) is 0 Å². The Morgan fingerprint density at radius 3 is 2.54 bits per heavy atom. The summed E-state index contributed by atoms with van der Waals surface area (Å²) in [4.78, 5) is 0. The summed E-state index contributed by atoms with van der Waals surface area (Å²) in [5.74, 6) is 6.95. The summed E-state index contributed by atoms with van der Waals surface area (Å²) < 4.78 is 1.14. The molecular formula is C22H26BrN. The van der Waals surface area contributed by atoms with Gasteiger partial charge in [-0.05, 0) is 55.0 Å². The van der Waals surface area contributed by atoms with Gasteiger partial charge in [-0.2, -0.15) is 0 Å². The van der Waals surface area contributed by atoms with E-state index in [-0.39, 0.29) is 17.0 Å². The Kier molecular flexibility index (Phi) is 7.09. The molecule has 0 amide bonds. The molecule has 0 unspecified atom stereocenters. The Bertz CT molecular complexity index is 740. The van der Waals surface area contributed by atoms with Gasteiger partial charge in [0.1, 0.15) is 6.54 Å². The summed E-state index contributed by atoms with van der Waals surface area (Å²) in [6.07, 6.45) is 8.55. The average Bonchev–Trinajstić information content (AvgIpc) is 2.61. The third-order valence-corrected chi connectivity index (χ3v) is 4.92. The van der Waals surface area contributed by atoms with Crippen LogP contribution >= 0.6 is 0 Å². The van der Waals surface area contributed by atoms with Crippen molar-refractivity contribution in [3.8, 4) is 11.8 Å². The van der Waals surface area contributed by atoms with Crippen molar-refractivity contribution in [3.63, 3.8) is 0 Å². The molecule has 1 nitrogen and oxygen atoms in total. The van der Waals surface area contributed by atoms with Crippen molar-refractivity contribution in [2.75, 3.05) is 26.2 Å². The van der Waals surface area contributed by atoms with Gasteiger partial charge in [0.15, 0.2) is 0 Å². The second-order valence-electron chi connectivity index (χ2n) is 6.59. The third-order valence-electron chi connectivity index (χ3n) is 4.92. The van der Waals surface area contributed by atoms with Gasteiger partial charge >= 0.3 is 0 Å². The molecule has 1 aliphatic heterocycles. The van der Waals surface area contributed by atoms with Crippen molar-refractivity contribution in [3.05, 3.63) is 60.2 Å². The smallest absolute Gasteiger partial charge is 0.141 e. The second kappa shape index (κ2) is 9.06. The van der Waals surface area contributed by atoms with Gasteiger partial charge < -0.3 is 21.5 Å². The summed E-state index contributed by atoms with van der Waals surface area (Å²) in [6.45, 7) is 6.75. The minimum atomic E-state index is 0. The fourth-order valence-corrected chi connectivity index (χ4v) is 3.55. The van der Waals surface area contributed by atoms with Gasteiger partial charge in [0, 0.05) is 5.56 Å². The number of hydrogen-bond donors (Lipinski definition) is 0. The maximum absolute atomic E-state index is 3.50. The number of benzene rings is 2. The normalized spacial score (nSPS) is 16.4. The first kappa shape index (κ1) is 18.8. The van der Waals surface area contributed by atoms with E-state index in [2.05, 4.69) is 73.4 Å². The van der Waals surface area contributed by atoms with Crippen molar-refractivity contribution in [1.29, 1.82) is 0 Å². The largest absolute Gasteiger partial charge is 1.00 e. The Morgan fingerprint density at radius 2 is 1.75 bits per heavy atom. The maximum atomic E-state index is 3.50. The lowest BCUT2D eigenvalue weighted by atomic mass is 10.0. The van der Waals surface area contributed by atoms with Crippen LogP contribution in [0.2, 0.25) is 0 Å². The molecule has 2 aromatic carbocycles. The molecule has 1 heterocycles. The fraction of sp³-hybridized carbons (Fsp3) is 0.364. The standard InChI is InChI=1S/C22H26N.BrH/c1-2-3-16-23(17-7-4-8-18-23)19-10-14-21-13-9-12-20-11-5-6-15-22(20)21;/h2-3,5-6,9,11-13,15H,4,7-8,16-19H2,1H3;1H/q+1;/p-1/b3-2+;. The molecule has 2 aromatic rings. The van der Waals surface area contributed by atoms with Gasteiger partial charge in [-0.15, -0.1) is 0 Å². The number of piperidine rings is 1. The number of quaternary nitrogens is 1. The molecule has 0 saturated carbocycles. The molecule has 0 spiro atoms. The van der Waals surface area contributed by atoms with E-state index in [1.165, 1.54) is 43.1 Å². The first-order valence-corrected chi connectivity index (χ1v) is 8.76. The Hall–Kier alpha value is -1.56. The zero-order valence-electron chi connectivity index (χ0n) is 14.5. The monoisotopic (exact) mass is 383 g/mol. The first-order chi connectivity index (χ1) is 11.3. The van der Waals surface area contributed by atoms with Crippen molar-refractivity contribution < 1.29 is 21.5 Å². The van der Waals surface area contributed by atoms with Gasteiger partial charge in [-0.1, -0.05) is 48.4 Å². The van der Waals surface area contributed by atoms with Crippen LogP contribution in [0.4, 0.5) is 0 Å². The van der Waals surface area contributed by atoms with Gasteiger partial charge in [0.05, 0.1) is 19.6 Å². The van der Waals surface area contributed by atoms with Crippen LogP contribution in [0.3, 0.4) is 0 Å². The molecule has 0 N–H and O–H groups in total. The van der Waals surface area contributed by atoms with Crippen LogP contribution in [0.5, 0.6) is 0 Å². The summed E-state index contributed by atoms with van der Waals surface area (Å²) in [5.41, 5.74) is 1.16. The molecule has 1 saturated heterocycles. The molecule has 0 aliphatic carbocycles. The molecule has 1 fully saturated rings. The molecule has 2 heteroatoms. The van der Waals surface area contributed by atoms with Crippen LogP contribution < -0.4 is 17.0 Å². The summed E-state index contributed by atoms with van der Waals surface area (Å²) in [5, 5.41) is 2.54. The number of allylic oxidation sites excluding steroid dienone is 1. The average molecular weight is 384 g/mol. The predicted octanol–water partition coefficient (Wildman–Crippen LogP) is 1.77. The number of rotatable bonds is 3. The lowest BCUT2D eigenvalue weighted by Crippen LogP contribution is -3.00. The Balaban J connectivity index is 0.00000208. The summed E-state index contributed by atoms with van der Waals surface area (Å²) in [7, 11) is 0. The number of hydrogen-bond acceptors (Lipinski definition) is 0. The number of halogens is 1. The van der Waals surface area contributed by atoms with Gasteiger partial charge in [-0.3, -0.25) is 0 Å². The second-order valence-corrected chi connectivity index (χ2v) is 6.59. The third kappa shape index (κ3) is 4.50. The van der Waals surface area contributed by atoms with Crippen molar-refractivity contribution in [2.45, 2.75) is 26.2 Å². The Labute approximate surface area is 156 Å². The van der Waals surface area contributed by atoms with E-state index in [0.717, 1.165) is 23.1 Å². The van der Waals surface area contributed by atoms with E-state index in [1.807, 2.05) is 0 Å². The molecular weight excluding hydrogens is 358 g/mol.